The van der Waals surface area contributed by atoms with Crippen LogP contribution in [0.2, 0.25) is 13.1 Å². The van der Waals surface area contributed by atoms with E-state index in [1.54, 1.807) is 0 Å². The Morgan fingerprint density at radius 1 is 1.05 bits per heavy atom. The maximum Gasteiger partial charge on any atom is 0.537 e. The van der Waals surface area contributed by atoms with E-state index in [1.807, 2.05) is 32.9 Å². The first kappa shape index (κ1) is 18.3. The van der Waals surface area contributed by atoms with Gasteiger partial charge in [-0.2, -0.15) is 0 Å². The van der Waals surface area contributed by atoms with Crippen molar-refractivity contribution in [2.45, 2.75) is 33.9 Å². The molecule has 1 radical (unpaired) electrons. The quantitative estimate of drug-likeness (QED) is 0.653. The van der Waals surface area contributed by atoms with E-state index in [1.165, 1.54) is 10.8 Å². The fourth-order valence-corrected chi connectivity index (χ4v) is 5.39. The molecule has 0 aliphatic heterocycles. The first-order chi connectivity index (χ1) is 10.0. The lowest BCUT2D eigenvalue weighted by molar-refractivity contribution is 0.0859. The van der Waals surface area contributed by atoms with Gasteiger partial charge in [0.05, 0.1) is 8.80 Å². The van der Waals surface area contributed by atoms with Crippen LogP contribution in [0.5, 0.6) is 0 Å². The minimum Gasteiger partial charge on any atom is -0.370 e. The molecule has 0 saturated heterocycles. The Morgan fingerprint density at radius 2 is 1.57 bits per heavy atom. The van der Waals surface area contributed by atoms with Gasteiger partial charge in [0.2, 0.25) is 0 Å². The molecular formula is C16H27O3Si2. The van der Waals surface area contributed by atoms with Crippen molar-refractivity contribution >= 4 is 28.0 Å². The summed E-state index contributed by atoms with van der Waals surface area (Å²) >= 11 is 0. The van der Waals surface area contributed by atoms with Crippen LogP contribution >= 0.6 is 0 Å². The summed E-state index contributed by atoms with van der Waals surface area (Å²) in [5, 5.41) is 2.24. The van der Waals surface area contributed by atoms with E-state index in [0.717, 1.165) is 5.19 Å². The lowest BCUT2D eigenvalue weighted by Gasteiger charge is -2.29. The molecule has 0 aliphatic rings. The fourth-order valence-electron chi connectivity index (χ4n) is 2.13. The van der Waals surface area contributed by atoms with Crippen molar-refractivity contribution in [1.82, 2.24) is 0 Å². The standard InChI is InChI=1S/C16H27O3Si2/c1-7-17-21(18-8-2,19-9-3)16-12-10-11-15(13-16)14(4)20(5)6/h10-13H,4,7-9H2,1-3,5-6H3. The molecule has 0 N–H and O–H groups in total. The first-order valence-electron chi connectivity index (χ1n) is 7.52. The molecule has 117 valence electrons. The average molecular weight is 324 g/mol. The summed E-state index contributed by atoms with van der Waals surface area (Å²) in [6.45, 7) is 16.4. The molecule has 0 unspecified atom stereocenters. The predicted molar refractivity (Wildman–Crippen MR) is 93.2 cm³/mol. The molecule has 0 fully saturated rings. The summed E-state index contributed by atoms with van der Waals surface area (Å²) in [5.74, 6) is 0. The maximum absolute atomic E-state index is 5.96. The second-order valence-electron chi connectivity index (χ2n) is 4.91. The lowest BCUT2D eigenvalue weighted by atomic mass is 10.2. The van der Waals surface area contributed by atoms with Gasteiger partial charge < -0.3 is 13.3 Å². The van der Waals surface area contributed by atoms with Crippen molar-refractivity contribution in [3.63, 3.8) is 0 Å². The Balaban J connectivity index is 3.23. The summed E-state index contributed by atoms with van der Waals surface area (Å²) in [6, 6.07) is 8.32. The van der Waals surface area contributed by atoms with E-state index < -0.39 is 17.6 Å². The minimum absolute atomic E-state index is 0.564. The molecule has 1 aromatic carbocycles. The van der Waals surface area contributed by atoms with Gasteiger partial charge in [-0.15, -0.1) is 0 Å². The molecule has 0 spiro atoms. The van der Waals surface area contributed by atoms with Gasteiger partial charge >= 0.3 is 8.80 Å². The smallest absolute Gasteiger partial charge is 0.370 e. The Morgan fingerprint density at radius 3 is 2.00 bits per heavy atom. The second kappa shape index (κ2) is 8.65. The highest BCUT2D eigenvalue weighted by atomic mass is 28.4. The minimum atomic E-state index is -2.81. The first-order valence-corrected chi connectivity index (χ1v) is 11.7. The largest absolute Gasteiger partial charge is 0.537 e. The third kappa shape index (κ3) is 4.62. The van der Waals surface area contributed by atoms with Crippen LogP contribution in [-0.2, 0) is 13.3 Å². The van der Waals surface area contributed by atoms with Crippen LogP contribution in [0, 0.1) is 0 Å². The molecule has 1 aromatic rings. The molecule has 0 saturated carbocycles. The van der Waals surface area contributed by atoms with Crippen LogP contribution < -0.4 is 5.19 Å². The topological polar surface area (TPSA) is 27.7 Å². The zero-order valence-electron chi connectivity index (χ0n) is 13.9. The molecule has 0 heterocycles. The number of hydrogen-bond acceptors (Lipinski definition) is 3. The van der Waals surface area contributed by atoms with Crippen molar-refractivity contribution in [2.75, 3.05) is 19.8 Å². The van der Waals surface area contributed by atoms with Gasteiger partial charge in [0.1, 0.15) is 0 Å². The lowest BCUT2D eigenvalue weighted by Crippen LogP contribution is -2.57. The highest BCUT2D eigenvalue weighted by Gasteiger charge is 2.43. The van der Waals surface area contributed by atoms with E-state index in [9.17, 15) is 0 Å². The second-order valence-corrected chi connectivity index (χ2v) is 10.1. The predicted octanol–water partition coefficient (Wildman–Crippen LogP) is 3.25. The Kier molecular flexibility index (Phi) is 7.55. The van der Waals surface area contributed by atoms with Gasteiger partial charge in [-0.25, -0.2) is 0 Å². The summed E-state index contributed by atoms with van der Waals surface area (Å²) in [7, 11) is -3.38. The van der Waals surface area contributed by atoms with Crippen molar-refractivity contribution in [3.8, 4) is 0 Å². The third-order valence-electron chi connectivity index (χ3n) is 3.17. The molecule has 5 heteroatoms. The van der Waals surface area contributed by atoms with Crippen molar-refractivity contribution < 1.29 is 13.3 Å². The summed E-state index contributed by atoms with van der Waals surface area (Å²) in [6.07, 6.45) is 0. The van der Waals surface area contributed by atoms with Gasteiger partial charge in [0.15, 0.2) is 0 Å². The monoisotopic (exact) mass is 323 g/mol. The summed E-state index contributed by atoms with van der Waals surface area (Å²) < 4.78 is 17.9. The number of rotatable bonds is 9. The van der Waals surface area contributed by atoms with Gasteiger partial charge in [0.25, 0.3) is 0 Å². The van der Waals surface area contributed by atoms with E-state index >= 15 is 0 Å². The average Bonchev–Trinajstić information content (AvgIpc) is 2.47. The third-order valence-corrected chi connectivity index (χ3v) is 7.69. The normalized spacial score (nSPS) is 11.9. The summed E-state index contributed by atoms with van der Waals surface area (Å²) in [4.78, 5) is 0. The van der Waals surface area contributed by atoms with Crippen LogP contribution in [0.4, 0.5) is 0 Å². The van der Waals surface area contributed by atoms with Crippen LogP contribution in [0.25, 0.3) is 5.20 Å². The highest BCUT2D eigenvalue weighted by molar-refractivity contribution is 6.77. The fraction of sp³-hybridized carbons (Fsp3) is 0.500. The van der Waals surface area contributed by atoms with E-state index in [-0.39, 0.29) is 0 Å². The molecule has 0 amide bonds. The molecule has 3 nitrogen and oxygen atoms in total. The van der Waals surface area contributed by atoms with E-state index in [4.69, 9.17) is 13.3 Å². The van der Waals surface area contributed by atoms with Gasteiger partial charge in [0, 0.05) is 25.0 Å². The molecule has 21 heavy (non-hydrogen) atoms. The highest BCUT2D eigenvalue weighted by Crippen LogP contribution is 2.17. The molecule has 0 aliphatic carbocycles. The van der Waals surface area contributed by atoms with Crippen molar-refractivity contribution in [1.29, 1.82) is 0 Å². The van der Waals surface area contributed by atoms with E-state index in [0.29, 0.717) is 19.8 Å². The van der Waals surface area contributed by atoms with E-state index in [2.05, 4.69) is 31.8 Å². The molecule has 0 bridgehead atoms. The molecular weight excluding hydrogens is 296 g/mol. The number of benzene rings is 1. The molecule has 1 rings (SSSR count). The van der Waals surface area contributed by atoms with Crippen LogP contribution in [0.3, 0.4) is 0 Å². The van der Waals surface area contributed by atoms with Gasteiger partial charge in [-0.1, -0.05) is 43.1 Å². The van der Waals surface area contributed by atoms with Crippen LogP contribution in [0.1, 0.15) is 26.3 Å². The zero-order chi connectivity index (χ0) is 15.9. The van der Waals surface area contributed by atoms with Crippen LogP contribution in [-0.4, -0.2) is 37.4 Å². The molecule has 0 aromatic heterocycles. The van der Waals surface area contributed by atoms with Gasteiger partial charge in [-0.3, -0.25) is 0 Å². The molecule has 0 atom stereocenters. The maximum atomic E-state index is 5.96. The zero-order valence-corrected chi connectivity index (χ0v) is 15.9. The van der Waals surface area contributed by atoms with Crippen molar-refractivity contribution in [2.24, 2.45) is 0 Å². The van der Waals surface area contributed by atoms with Gasteiger partial charge in [-0.05, 0) is 32.4 Å². The Labute approximate surface area is 131 Å². The van der Waals surface area contributed by atoms with Crippen LogP contribution in [0.15, 0.2) is 30.8 Å². The summed E-state index contributed by atoms with van der Waals surface area (Å²) in [5.41, 5.74) is 1.17. The Bertz CT molecular complexity index is 444. The Hall–Kier alpha value is -0.726. The SMILES string of the molecule is C=C(c1cccc([Si](OCC)(OCC)OCC)c1)[Si](C)C. The van der Waals surface area contributed by atoms with Crippen molar-refractivity contribution in [3.05, 3.63) is 36.4 Å². The number of hydrogen-bond donors (Lipinski definition) is 0.